The van der Waals surface area contributed by atoms with Crippen LogP contribution in [0.3, 0.4) is 0 Å². The van der Waals surface area contributed by atoms with Gasteiger partial charge in [-0.05, 0) is 40.9 Å². The fourth-order valence-corrected chi connectivity index (χ4v) is 3.61. The van der Waals surface area contributed by atoms with E-state index in [1.807, 2.05) is 23.6 Å². The standard InChI is InChI=1S/C16H13ClFNS/c17-13-5-3-6-14(18)11(13)8-15(19)12-9-20-16-7-2-1-4-10(12)16/h1-7,9,15H,8,19H2. The molecule has 4 heteroatoms. The Labute approximate surface area is 125 Å². The van der Waals surface area contributed by atoms with Gasteiger partial charge >= 0.3 is 0 Å². The Balaban J connectivity index is 1.95. The molecule has 102 valence electrons. The van der Waals surface area contributed by atoms with E-state index in [0.717, 1.165) is 10.9 Å². The normalized spacial score (nSPS) is 12.8. The lowest BCUT2D eigenvalue weighted by Crippen LogP contribution is -2.14. The van der Waals surface area contributed by atoms with E-state index in [1.165, 1.54) is 10.8 Å². The van der Waals surface area contributed by atoms with E-state index in [-0.39, 0.29) is 11.9 Å². The lowest BCUT2D eigenvalue weighted by Gasteiger charge is -2.13. The number of hydrogen-bond acceptors (Lipinski definition) is 2. The first-order valence-electron chi connectivity index (χ1n) is 6.31. The Kier molecular flexibility index (Phi) is 3.74. The molecule has 0 aliphatic heterocycles. The summed E-state index contributed by atoms with van der Waals surface area (Å²) in [5.41, 5.74) is 7.79. The van der Waals surface area contributed by atoms with Crippen molar-refractivity contribution >= 4 is 33.0 Å². The molecule has 1 unspecified atom stereocenters. The molecule has 0 aliphatic carbocycles. The molecule has 1 aromatic heterocycles. The van der Waals surface area contributed by atoms with E-state index in [2.05, 4.69) is 6.07 Å². The largest absolute Gasteiger partial charge is 0.324 e. The third-order valence-corrected chi connectivity index (χ3v) is 4.73. The maximum absolute atomic E-state index is 13.8. The van der Waals surface area contributed by atoms with Crippen molar-refractivity contribution in [3.8, 4) is 0 Å². The number of hydrogen-bond donors (Lipinski definition) is 1. The van der Waals surface area contributed by atoms with Crippen molar-refractivity contribution in [1.29, 1.82) is 0 Å². The summed E-state index contributed by atoms with van der Waals surface area (Å²) in [5, 5.41) is 3.61. The number of nitrogens with two attached hydrogens (primary N) is 1. The molecule has 0 spiro atoms. The van der Waals surface area contributed by atoms with E-state index in [1.54, 1.807) is 23.5 Å². The lowest BCUT2D eigenvalue weighted by atomic mass is 9.99. The molecule has 0 radical (unpaired) electrons. The monoisotopic (exact) mass is 305 g/mol. The van der Waals surface area contributed by atoms with Gasteiger partial charge in [0.2, 0.25) is 0 Å². The zero-order valence-electron chi connectivity index (χ0n) is 10.6. The molecule has 0 amide bonds. The fraction of sp³-hybridized carbons (Fsp3) is 0.125. The third-order valence-electron chi connectivity index (χ3n) is 3.40. The third kappa shape index (κ3) is 2.44. The summed E-state index contributed by atoms with van der Waals surface area (Å²) >= 11 is 7.71. The second-order valence-corrected chi connectivity index (χ2v) is 6.02. The Morgan fingerprint density at radius 3 is 2.75 bits per heavy atom. The number of rotatable bonds is 3. The highest BCUT2D eigenvalue weighted by atomic mass is 35.5. The Bertz CT molecular complexity index is 733. The van der Waals surface area contributed by atoms with Crippen LogP contribution in [0.15, 0.2) is 47.8 Å². The molecule has 1 nitrogen and oxygen atoms in total. The van der Waals surface area contributed by atoms with Crippen LogP contribution in [0.4, 0.5) is 4.39 Å². The van der Waals surface area contributed by atoms with Gasteiger partial charge in [0.05, 0.1) is 0 Å². The van der Waals surface area contributed by atoms with Crippen molar-refractivity contribution in [3.05, 3.63) is 69.8 Å². The number of halogens is 2. The average molecular weight is 306 g/mol. The molecule has 0 aliphatic rings. The quantitative estimate of drug-likeness (QED) is 0.729. The topological polar surface area (TPSA) is 26.0 Å². The van der Waals surface area contributed by atoms with E-state index in [0.29, 0.717) is 17.0 Å². The van der Waals surface area contributed by atoms with Crippen molar-refractivity contribution in [2.24, 2.45) is 5.73 Å². The van der Waals surface area contributed by atoms with Gasteiger partial charge in [0.1, 0.15) is 5.82 Å². The first-order chi connectivity index (χ1) is 9.66. The van der Waals surface area contributed by atoms with Crippen LogP contribution in [0.5, 0.6) is 0 Å². The summed E-state index contributed by atoms with van der Waals surface area (Å²) in [5.74, 6) is -0.299. The molecule has 0 fully saturated rings. The Hall–Kier alpha value is -1.42. The smallest absolute Gasteiger partial charge is 0.127 e. The summed E-state index contributed by atoms with van der Waals surface area (Å²) in [7, 11) is 0. The summed E-state index contributed by atoms with van der Waals surface area (Å²) in [6.45, 7) is 0. The van der Waals surface area contributed by atoms with Crippen LogP contribution in [-0.4, -0.2) is 0 Å². The van der Waals surface area contributed by atoms with Gasteiger partial charge < -0.3 is 5.73 Å². The molecule has 20 heavy (non-hydrogen) atoms. The highest BCUT2D eigenvalue weighted by molar-refractivity contribution is 7.17. The fourth-order valence-electron chi connectivity index (χ4n) is 2.34. The molecule has 3 rings (SSSR count). The minimum absolute atomic E-state index is 0.263. The van der Waals surface area contributed by atoms with Gasteiger partial charge in [0.15, 0.2) is 0 Å². The summed E-state index contributed by atoms with van der Waals surface area (Å²) in [4.78, 5) is 0. The molecule has 3 aromatic rings. The average Bonchev–Trinajstić information content (AvgIpc) is 2.87. The Morgan fingerprint density at radius 1 is 1.15 bits per heavy atom. The van der Waals surface area contributed by atoms with E-state index >= 15 is 0 Å². The molecule has 0 bridgehead atoms. The van der Waals surface area contributed by atoms with Gasteiger partial charge in [-0.1, -0.05) is 35.9 Å². The first kappa shape index (κ1) is 13.6. The van der Waals surface area contributed by atoms with Gasteiger partial charge in [-0.25, -0.2) is 4.39 Å². The van der Waals surface area contributed by atoms with Gasteiger partial charge in [0.25, 0.3) is 0 Å². The van der Waals surface area contributed by atoms with Crippen LogP contribution >= 0.6 is 22.9 Å². The maximum Gasteiger partial charge on any atom is 0.127 e. The van der Waals surface area contributed by atoms with Crippen LogP contribution in [0.1, 0.15) is 17.2 Å². The number of benzene rings is 2. The molecule has 1 atom stereocenters. The maximum atomic E-state index is 13.8. The van der Waals surface area contributed by atoms with Gasteiger partial charge in [0, 0.05) is 21.3 Å². The van der Waals surface area contributed by atoms with Crippen molar-refractivity contribution in [3.63, 3.8) is 0 Å². The highest BCUT2D eigenvalue weighted by Crippen LogP contribution is 2.32. The zero-order chi connectivity index (χ0) is 14.1. The van der Waals surface area contributed by atoms with Crippen LogP contribution < -0.4 is 5.73 Å². The number of thiophene rings is 1. The van der Waals surface area contributed by atoms with E-state index < -0.39 is 0 Å². The minimum Gasteiger partial charge on any atom is -0.324 e. The molecule has 2 N–H and O–H groups in total. The van der Waals surface area contributed by atoms with Crippen molar-refractivity contribution in [2.45, 2.75) is 12.5 Å². The molecular formula is C16H13ClFNS. The van der Waals surface area contributed by atoms with Crippen LogP contribution in [0, 0.1) is 5.82 Å². The highest BCUT2D eigenvalue weighted by Gasteiger charge is 2.16. The number of fused-ring (bicyclic) bond motifs is 1. The van der Waals surface area contributed by atoms with Crippen molar-refractivity contribution < 1.29 is 4.39 Å². The molecule has 1 heterocycles. The second-order valence-electron chi connectivity index (χ2n) is 4.70. The van der Waals surface area contributed by atoms with Crippen molar-refractivity contribution in [1.82, 2.24) is 0 Å². The molecule has 0 saturated heterocycles. The zero-order valence-corrected chi connectivity index (χ0v) is 12.2. The Morgan fingerprint density at radius 2 is 1.95 bits per heavy atom. The summed E-state index contributed by atoms with van der Waals surface area (Å²) in [6.07, 6.45) is 0.395. The van der Waals surface area contributed by atoms with Gasteiger partial charge in [-0.2, -0.15) is 0 Å². The van der Waals surface area contributed by atoms with Crippen LogP contribution in [-0.2, 0) is 6.42 Å². The lowest BCUT2D eigenvalue weighted by molar-refractivity contribution is 0.594. The minimum atomic E-state index is -0.299. The second kappa shape index (κ2) is 5.52. The molecular weight excluding hydrogens is 293 g/mol. The predicted molar refractivity (Wildman–Crippen MR) is 83.9 cm³/mol. The van der Waals surface area contributed by atoms with Crippen molar-refractivity contribution in [2.75, 3.05) is 0 Å². The SMILES string of the molecule is NC(Cc1c(F)cccc1Cl)c1csc2ccccc12. The van der Waals surface area contributed by atoms with Gasteiger partial charge in [-0.15, -0.1) is 11.3 Å². The molecule has 2 aromatic carbocycles. The van der Waals surface area contributed by atoms with E-state index in [4.69, 9.17) is 17.3 Å². The molecule has 0 saturated carbocycles. The van der Waals surface area contributed by atoms with Gasteiger partial charge in [-0.3, -0.25) is 0 Å². The first-order valence-corrected chi connectivity index (χ1v) is 7.57. The predicted octanol–water partition coefficient (Wildman–Crippen LogP) is 4.94. The van der Waals surface area contributed by atoms with Crippen LogP contribution in [0.2, 0.25) is 5.02 Å². The van der Waals surface area contributed by atoms with E-state index in [9.17, 15) is 4.39 Å². The summed E-state index contributed by atoms with van der Waals surface area (Å²) in [6, 6.07) is 12.5. The van der Waals surface area contributed by atoms with Crippen LogP contribution in [0.25, 0.3) is 10.1 Å². The summed E-state index contributed by atoms with van der Waals surface area (Å²) < 4.78 is 15.0.